The molecule has 1 aromatic carbocycles. The summed E-state index contributed by atoms with van der Waals surface area (Å²) in [5, 5.41) is 2.69. The first-order valence-electron chi connectivity index (χ1n) is 6.50. The Kier molecular flexibility index (Phi) is 5.56. The number of likely N-dealkylation sites (N-methyl/N-ethyl adjacent to an activating group) is 2. The molecule has 0 fully saturated rings. The number of nitrogens with zero attached hydrogens (tertiary/aromatic N) is 2. The number of nitrogen functional groups attached to an aromatic ring is 1. The molecule has 8 heteroatoms. The lowest BCUT2D eigenvalue weighted by atomic mass is 10.2. The Balaban J connectivity index is 3.01. The molecule has 3 N–H and O–H groups in total. The van der Waals surface area contributed by atoms with Crippen LogP contribution in [0.25, 0.3) is 0 Å². The summed E-state index contributed by atoms with van der Waals surface area (Å²) in [5.74, 6) is -0.121. The molecule has 0 saturated heterocycles. The van der Waals surface area contributed by atoms with E-state index in [4.69, 9.17) is 5.73 Å². The molecule has 0 saturated carbocycles. The van der Waals surface area contributed by atoms with Crippen molar-refractivity contribution in [3.8, 4) is 0 Å². The molecule has 0 aliphatic heterocycles. The van der Waals surface area contributed by atoms with Gasteiger partial charge in [0.25, 0.3) is 0 Å². The van der Waals surface area contributed by atoms with E-state index >= 15 is 0 Å². The van der Waals surface area contributed by atoms with Crippen LogP contribution in [0.15, 0.2) is 23.1 Å². The number of sulfonamides is 1. The minimum Gasteiger partial charge on any atom is -0.397 e. The normalized spacial score (nSPS) is 11.5. The molecule has 0 unspecified atom stereocenters. The number of rotatable bonds is 6. The van der Waals surface area contributed by atoms with Crippen LogP contribution in [0.3, 0.4) is 0 Å². The van der Waals surface area contributed by atoms with Crippen molar-refractivity contribution in [2.24, 2.45) is 0 Å². The Morgan fingerprint density at radius 3 is 2.38 bits per heavy atom. The van der Waals surface area contributed by atoms with Crippen LogP contribution in [-0.4, -0.2) is 52.9 Å². The molecule has 0 aliphatic rings. The van der Waals surface area contributed by atoms with E-state index in [0.29, 0.717) is 17.9 Å². The molecule has 0 atom stereocenters. The Hall–Kier alpha value is -1.80. The summed E-state index contributed by atoms with van der Waals surface area (Å²) in [6, 6.07) is 4.49. The van der Waals surface area contributed by atoms with Crippen LogP contribution in [-0.2, 0) is 14.8 Å². The van der Waals surface area contributed by atoms with Crippen LogP contribution in [0.1, 0.15) is 6.92 Å². The van der Waals surface area contributed by atoms with Gasteiger partial charge in [-0.15, -0.1) is 0 Å². The molecule has 0 heterocycles. The second kappa shape index (κ2) is 6.77. The quantitative estimate of drug-likeness (QED) is 0.726. The highest BCUT2D eigenvalue weighted by atomic mass is 32.2. The summed E-state index contributed by atoms with van der Waals surface area (Å²) < 4.78 is 25.2. The fourth-order valence-corrected chi connectivity index (χ4v) is 2.74. The molecule has 1 aromatic rings. The van der Waals surface area contributed by atoms with Crippen LogP contribution in [0.4, 0.5) is 11.4 Å². The molecule has 21 heavy (non-hydrogen) atoms. The van der Waals surface area contributed by atoms with Gasteiger partial charge in [-0.25, -0.2) is 12.7 Å². The fraction of sp³-hybridized carbons (Fsp3) is 0.462. The predicted molar refractivity (Wildman–Crippen MR) is 83.7 cm³/mol. The molecule has 7 nitrogen and oxygen atoms in total. The molecule has 1 rings (SSSR count). The van der Waals surface area contributed by atoms with Gasteiger partial charge in [-0.3, -0.25) is 4.79 Å². The van der Waals surface area contributed by atoms with Crippen molar-refractivity contribution in [3.63, 3.8) is 0 Å². The topological polar surface area (TPSA) is 95.7 Å². The van der Waals surface area contributed by atoms with Gasteiger partial charge in [-0.1, -0.05) is 0 Å². The number of carbonyl (C=O) groups is 1. The zero-order chi connectivity index (χ0) is 16.2. The number of amides is 1. The van der Waals surface area contributed by atoms with Crippen molar-refractivity contribution >= 4 is 27.3 Å². The van der Waals surface area contributed by atoms with Crippen molar-refractivity contribution in [1.29, 1.82) is 0 Å². The maximum atomic E-state index is 12.0. The minimum absolute atomic E-state index is 0.121. The first-order valence-corrected chi connectivity index (χ1v) is 7.94. The Bertz CT molecular complexity index is 614. The highest BCUT2D eigenvalue weighted by Gasteiger charge is 2.19. The van der Waals surface area contributed by atoms with E-state index in [1.54, 1.807) is 18.0 Å². The summed E-state index contributed by atoms with van der Waals surface area (Å²) in [6.07, 6.45) is 0. The predicted octanol–water partition coefficient (Wildman–Crippen LogP) is 0.0914. The zero-order valence-electron chi connectivity index (χ0n) is 12.8. The molecule has 0 aromatic heterocycles. The monoisotopic (exact) mass is 314 g/mol. The van der Waals surface area contributed by atoms with Crippen LogP contribution in [0, 0.1) is 0 Å². The molecule has 0 aliphatic carbocycles. The molecule has 1 amide bonds. The van der Waals surface area contributed by atoms with Crippen molar-refractivity contribution in [2.45, 2.75) is 11.8 Å². The van der Waals surface area contributed by atoms with E-state index in [0.717, 1.165) is 4.31 Å². The molecule has 0 spiro atoms. The fourth-order valence-electron chi connectivity index (χ4n) is 1.81. The number of hydrogen-bond donors (Lipinski definition) is 2. The maximum Gasteiger partial charge on any atom is 0.242 e. The average Bonchev–Trinajstić information content (AvgIpc) is 2.38. The van der Waals surface area contributed by atoms with E-state index in [9.17, 15) is 13.2 Å². The lowest BCUT2D eigenvalue weighted by Gasteiger charge is -2.21. The highest BCUT2D eigenvalue weighted by molar-refractivity contribution is 7.89. The van der Waals surface area contributed by atoms with Crippen LogP contribution in [0.2, 0.25) is 0 Å². The van der Waals surface area contributed by atoms with Gasteiger partial charge in [0.05, 0.1) is 22.8 Å². The van der Waals surface area contributed by atoms with Crippen molar-refractivity contribution < 1.29 is 13.2 Å². The summed E-state index contributed by atoms with van der Waals surface area (Å²) in [7, 11) is 1.12. The van der Waals surface area contributed by atoms with Crippen molar-refractivity contribution in [1.82, 2.24) is 9.62 Å². The maximum absolute atomic E-state index is 12.0. The third kappa shape index (κ3) is 4.08. The lowest BCUT2D eigenvalue weighted by Crippen LogP contribution is -2.35. The molecule has 0 radical (unpaired) electrons. The molecular weight excluding hydrogens is 292 g/mol. The van der Waals surface area contributed by atoms with Gasteiger partial charge in [0.2, 0.25) is 15.9 Å². The minimum atomic E-state index is -3.52. The SMILES string of the molecule is CCNC(=O)CN(C)c1ccc(S(=O)(=O)N(C)C)cc1N. The number of carbonyl (C=O) groups excluding carboxylic acids is 1. The Morgan fingerprint density at radius 1 is 1.29 bits per heavy atom. The van der Waals surface area contributed by atoms with Gasteiger partial charge in [-0.2, -0.15) is 0 Å². The van der Waals surface area contributed by atoms with E-state index < -0.39 is 10.0 Å². The first-order chi connectivity index (χ1) is 9.70. The van der Waals surface area contributed by atoms with Crippen LogP contribution < -0.4 is 16.0 Å². The van der Waals surface area contributed by atoms with E-state index in [2.05, 4.69) is 5.32 Å². The number of benzene rings is 1. The number of anilines is 2. The average molecular weight is 314 g/mol. The number of nitrogens with two attached hydrogens (primary N) is 1. The number of nitrogens with one attached hydrogen (secondary N) is 1. The van der Waals surface area contributed by atoms with Crippen LogP contribution >= 0.6 is 0 Å². The van der Waals surface area contributed by atoms with Crippen LogP contribution in [0.5, 0.6) is 0 Å². The van der Waals surface area contributed by atoms with Gasteiger partial charge in [0.15, 0.2) is 0 Å². The van der Waals surface area contributed by atoms with E-state index in [1.807, 2.05) is 6.92 Å². The molecule has 118 valence electrons. The summed E-state index contributed by atoms with van der Waals surface area (Å²) in [4.78, 5) is 13.4. The first kappa shape index (κ1) is 17.3. The van der Waals surface area contributed by atoms with E-state index in [1.165, 1.54) is 26.2 Å². The van der Waals surface area contributed by atoms with Crippen molar-refractivity contribution in [2.75, 3.05) is 44.9 Å². The smallest absolute Gasteiger partial charge is 0.242 e. The summed E-state index contributed by atoms with van der Waals surface area (Å²) in [6.45, 7) is 2.55. The van der Waals surface area contributed by atoms with Gasteiger partial charge in [0, 0.05) is 27.7 Å². The third-order valence-electron chi connectivity index (χ3n) is 2.94. The third-order valence-corrected chi connectivity index (χ3v) is 4.75. The molecule has 0 bridgehead atoms. The van der Waals surface area contributed by atoms with Crippen molar-refractivity contribution in [3.05, 3.63) is 18.2 Å². The zero-order valence-corrected chi connectivity index (χ0v) is 13.6. The second-order valence-electron chi connectivity index (χ2n) is 4.82. The molecular formula is C13H22N4O3S. The largest absolute Gasteiger partial charge is 0.397 e. The van der Waals surface area contributed by atoms with Gasteiger partial charge >= 0.3 is 0 Å². The Labute approximate surface area is 125 Å². The summed E-state index contributed by atoms with van der Waals surface area (Å²) >= 11 is 0. The van der Waals surface area contributed by atoms with Gasteiger partial charge in [0.1, 0.15) is 0 Å². The second-order valence-corrected chi connectivity index (χ2v) is 6.97. The number of hydrogen-bond acceptors (Lipinski definition) is 5. The van der Waals surface area contributed by atoms with E-state index in [-0.39, 0.29) is 17.3 Å². The Morgan fingerprint density at radius 2 is 1.90 bits per heavy atom. The summed E-state index contributed by atoms with van der Waals surface area (Å²) in [5.41, 5.74) is 6.83. The van der Waals surface area contributed by atoms with Gasteiger partial charge < -0.3 is 16.0 Å². The van der Waals surface area contributed by atoms with Gasteiger partial charge in [-0.05, 0) is 25.1 Å². The lowest BCUT2D eigenvalue weighted by molar-refractivity contribution is -0.119. The standard InChI is InChI=1S/C13H22N4O3S/c1-5-15-13(18)9-17(4)12-7-6-10(8-11(12)14)21(19,20)16(2)3/h6-8H,5,9,14H2,1-4H3,(H,15,18). The highest BCUT2D eigenvalue weighted by Crippen LogP contribution is 2.26.